The van der Waals surface area contributed by atoms with Gasteiger partial charge in [-0.3, -0.25) is 9.59 Å². The first-order valence-electron chi connectivity index (χ1n) is 8.06. The number of benzene rings is 2. The number of carbonyl (C=O) groups excluding carboxylic acids is 2. The number of phenolic OH excluding ortho intramolecular Hbond substituents is 2. The summed E-state index contributed by atoms with van der Waals surface area (Å²) in [4.78, 5) is 23.6. The summed E-state index contributed by atoms with van der Waals surface area (Å²) in [5.74, 6) is -1.55. The number of hydrogen-bond donors (Lipinski definition) is 4. The average Bonchev–Trinajstić information content (AvgIpc) is 2.72. The number of methoxy groups -OCH3 is 2. The molecule has 4 N–H and O–H groups in total. The molecular weight excluding hydrogens is 622 g/mol. The zero-order valence-electron chi connectivity index (χ0n) is 15.6. The number of rotatable bonds is 6. The molecule has 0 bridgehead atoms. The number of nitrogens with zero attached hydrogens (tertiary/aromatic N) is 2. The second-order valence-corrected chi connectivity index (χ2v) is 7.83. The van der Waals surface area contributed by atoms with Crippen molar-refractivity contribution in [3.8, 4) is 23.0 Å². The fourth-order valence-electron chi connectivity index (χ4n) is 2.08. The molecule has 2 aromatic rings. The van der Waals surface area contributed by atoms with Crippen LogP contribution in [0.4, 0.5) is 0 Å². The number of ether oxygens (including phenoxy) is 2. The van der Waals surface area contributed by atoms with Crippen molar-refractivity contribution < 1.29 is 29.3 Å². The van der Waals surface area contributed by atoms with Gasteiger partial charge in [0.05, 0.1) is 33.8 Å². The quantitative estimate of drug-likeness (QED) is 0.165. The zero-order valence-corrected chi connectivity index (χ0v) is 20.0. The first kappa shape index (κ1) is 23.7. The van der Waals surface area contributed by atoms with Gasteiger partial charge in [-0.1, -0.05) is 0 Å². The molecule has 2 rings (SSSR count). The summed E-state index contributed by atoms with van der Waals surface area (Å²) in [5.41, 5.74) is 5.23. The molecule has 12 heteroatoms. The molecule has 158 valence electrons. The fourth-order valence-corrected chi connectivity index (χ4v) is 3.33. The molecule has 0 aromatic heterocycles. The monoisotopic (exact) mass is 638 g/mol. The largest absolute Gasteiger partial charge is 0.504 e. The molecule has 0 radical (unpaired) electrons. The number of phenols is 2. The van der Waals surface area contributed by atoms with Crippen LogP contribution in [0.5, 0.6) is 23.0 Å². The van der Waals surface area contributed by atoms with Crippen LogP contribution in [0.25, 0.3) is 0 Å². The Morgan fingerprint density at radius 2 is 1.20 bits per heavy atom. The van der Waals surface area contributed by atoms with Crippen LogP contribution in [0.1, 0.15) is 11.1 Å². The van der Waals surface area contributed by atoms with Crippen LogP contribution in [0.2, 0.25) is 0 Å². The highest BCUT2D eigenvalue weighted by Gasteiger charge is 2.12. The molecule has 2 amide bonds. The third-order valence-corrected chi connectivity index (χ3v) is 5.15. The van der Waals surface area contributed by atoms with E-state index in [1.165, 1.54) is 38.8 Å². The van der Waals surface area contributed by atoms with E-state index in [1.54, 1.807) is 12.1 Å². The van der Waals surface area contributed by atoms with Gasteiger partial charge in [-0.25, -0.2) is 10.9 Å². The molecule has 0 heterocycles. The third-order valence-electron chi connectivity index (χ3n) is 3.51. The van der Waals surface area contributed by atoms with Crippen molar-refractivity contribution in [3.63, 3.8) is 0 Å². The molecule has 0 aliphatic rings. The Kier molecular flexibility index (Phi) is 8.64. The Labute approximate surface area is 198 Å². The molecule has 30 heavy (non-hydrogen) atoms. The van der Waals surface area contributed by atoms with Gasteiger partial charge < -0.3 is 19.7 Å². The lowest BCUT2D eigenvalue weighted by Crippen LogP contribution is -2.35. The van der Waals surface area contributed by atoms with Gasteiger partial charge in [-0.05, 0) is 80.6 Å². The van der Waals surface area contributed by atoms with E-state index in [1.807, 2.05) is 45.2 Å². The number of hydrogen-bond acceptors (Lipinski definition) is 8. The summed E-state index contributed by atoms with van der Waals surface area (Å²) in [6.07, 6.45) is 2.59. The summed E-state index contributed by atoms with van der Waals surface area (Å²) >= 11 is 3.84. The Bertz CT molecular complexity index is 945. The van der Waals surface area contributed by atoms with Crippen molar-refractivity contribution in [2.45, 2.75) is 0 Å². The fraction of sp³-hybridized carbons (Fsp3) is 0.111. The van der Waals surface area contributed by atoms with Gasteiger partial charge in [0.2, 0.25) is 0 Å². The molecule has 0 atom stereocenters. The van der Waals surface area contributed by atoms with Gasteiger partial charge in [0, 0.05) is 0 Å². The highest BCUT2D eigenvalue weighted by atomic mass is 127. The van der Waals surface area contributed by atoms with E-state index in [0.29, 0.717) is 18.3 Å². The molecule has 2 aromatic carbocycles. The topological polar surface area (TPSA) is 142 Å². The van der Waals surface area contributed by atoms with Crippen LogP contribution in [0, 0.1) is 7.14 Å². The Balaban J connectivity index is 1.95. The van der Waals surface area contributed by atoms with Gasteiger partial charge in [0.15, 0.2) is 23.0 Å². The maximum Gasteiger partial charge on any atom is 0.331 e. The summed E-state index contributed by atoms with van der Waals surface area (Å²) in [7, 11) is 2.82. The van der Waals surface area contributed by atoms with Crippen molar-refractivity contribution in [2.24, 2.45) is 10.2 Å². The van der Waals surface area contributed by atoms with E-state index in [2.05, 4.69) is 21.1 Å². The minimum absolute atomic E-state index is 0.00235. The molecule has 0 aliphatic heterocycles. The van der Waals surface area contributed by atoms with Gasteiger partial charge in [-0.15, -0.1) is 0 Å². The zero-order chi connectivity index (χ0) is 22.3. The maximum atomic E-state index is 11.8. The van der Waals surface area contributed by atoms with E-state index in [0.717, 1.165) is 0 Å². The highest BCUT2D eigenvalue weighted by Crippen LogP contribution is 2.32. The minimum Gasteiger partial charge on any atom is -0.504 e. The normalized spacial score (nSPS) is 10.9. The van der Waals surface area contributed by atoms with E-state index < -0.39 is 11.8 Å². The SMILES string of the molecule is COc1cc(/C=N\NC(=O)C(=O)N/N=C\c2cc(I)c(O)c(OC)c2)cc(I)c1O. The Morgan fingerprint density at radius 1 is 0.833 bits per heavy atom. The second kappa shape index (κ2) is 11.0. The summed E-state index contributed by atoms with van der Waals surface area (Å²) in [6, 6.07) is 6.27. The highest BCUT2D eigenvalue weighted by molar-refractivity contribution is 14.1. The summed E-state index contributed by atoms with van der Waals surface area (Å²) in [6.45, 7) is 0. The van der Waals surface area contributed by atoms with Crippen molar-refractivity contribution in [1.82, 2.24) is 10.9 Å². The van der Waals surface area contributed by atoms with Crippen LogP contribution in [-0.4, -0.2) is 48.7 Å². The summed E-state index contributed by atoms with van der Waals surface area (Å²) in [5, 5.41) is 27.0. The molecule has 0 unspecified atom stereocenters. The molecule has 0 saturated heterocycles. The standard InChI is InChI=1S/C18H16I2N4O6/c1-29-13-5-9(3-11(19)15(13)25)7-21-23-17(27)18(28)24-22-8-10-4-12(20)16(26)14(6-10)30-2/h3-8,25-26H,1-2H3,(H,23,27)(H,24,28)/b21-7-,22-8-. The number of nitrogens with one attached hydrogen (secondary N) is 2. The van der Waals surface area contributed by atoms with Gasteiger partial charge in [0.25, 0.3) is 0 Å². The van der Waals surface area contributed by atoms with Crippen LogP contribution < -0.4 is 20.3 Å². The number of carbonyl (C=O) groups is 2. The smallest absolute Gasteiger partial charge is 0.331 e. The van der Waals surface area contributed by atoms with Gasteiger partial charge >= 0.3 is 11.8 Å². The van der Waals surface area contributed by atoms with Crippen LogP contribution in [-0.2, 0) is 9.59 Å². The first-order valence-corrected chi connectivity index (χ1v) is 10.2. The lowest BCUT2D eigenvalue weighted by atomic mass is 10.2. The van der Waals surface area contributed by atoms with Crippen molar-refractivity contribution in [1.29, 1.82) is 0 Å². The van der Waals surface area contributed by atoms with Crippen LogP contribution in [0.15, 0.2) is 34.5 Å². The number of amides is 2. The molecule has 0 aliphatic carbocycles. The predicted molar refractivity (Wildman–Crippen MR) is 126 cm³/mol. The average molecular weight is 638 g/mol. The molecule has 0 fully saturated rings. The van der Waals surface area contributed by atoms with Crippen LogP contribution in [0.3, 0.4) is 0 Å². The molecule has 0 spiro atoms. The molecule has 10 nitrogen and oxygen atoms in total. The third kappa shape index (κ3) is 6.19. The number of hydrazone groups is 2. The lowest BCUT2D eigenvalue weighted by molar-refractivity contribution is -0.139. The second-order valence-electron chi connectivity index (χ2n) is 5.51. The molecule has 0 saturated carbocycles. The van der Waals surface area contributed by atoms with E-state index >= 15 is 0 Å². The van der Waals surface area contributed by atoms with Gasteiger partial charge in [-0.2, -0.15) is 10.2 Å². The lowest BCUT2D eigenvalue weighted by Gasteiger charge is -2.06. The van der Waals surface area contributed by atoms with Crippen molar-refractivity contribution in [3.05, 3.63) is 42.5 Å². The van der Waals surface area contributed by atoms with Crippen LogP contribution >= 0.6 is 45.2 Å². The Hall–Kier alpha value is -2.62. The maximum absolute atomic E-state index is 11.8. The minimum atomic E-state index is -1.03. The van der Waals surface area contributed by atoms with Gasteiger partial charge in [0.1, 0.15) is 0 Å². The predicted octanol–water partition coefficient (Wildman–Crippen LogP) is 1.92. The van der Waals surface area contributed by atoms with E-state index in [9.17, 15) is 19.8 Å². The number of halogens is 2. The molecular formula is C18H16I2N4O6. The van der Waals surface area contributed by atoms with Crippen molar-refractivity contribution in [2.75, 3.05) is 14.2 Å². The Morgan fingerprint density at radius 3 is 1.53 bits per heavy atom. The van der Waals surface area contributed by atoms with Crippen molar-refractivity contribution >= 4 is 69.4 Å². The summed E-state index contributed by atoms with van der Waals surface area (Å²) < 4.78 is 11.1. The van der Waals surface area contributed by atoms with E-state index in [4.69, 9.17) is 9.47 Å². The van der Waals surface area contributed by atoms with E-state index in [-0.39, 0.29) is 23.0 Å². The first-order chi connectivity index (χ1) is 14.3. The number of aromatic hydroxyl groups is 2.